The van der Waals surface area contributed by atoms with Crippen LogP contribution in [0, 0.1) is 11.7 Å². The number of rotatable bonds is 9. The zero-order valence-corrected chi connectivity index (χ0v) is 25.9. The SMILES string of the molecule is C[Si](C)(C)CCOCc1nc(-c2ccc(-c3cnn4ccc(N5C(=O)OCC5C5CCN(C(=O)O)CC5)nc34)cc2F)n[nH]1. The molecule has 0 bridgehead atoms. The normalized spacial score (nSPS) is 17.9. The van der Waals surface area contributed by atoms with Gasteiger partial charge in [-0.15, -0.1) is 0 Å². The van der Waals surface area contributed by atoms with Crippen LogP contribution in [0.15, 0.2) is 36.7 Å². The van der Waals surface area contributed by atoms with Crippen molar-refractivity contribution >= 4 is 31.7 Å². The van der Waals surface area contributed by atoms with Crippen LogP contribution in [-0.4, -0.2) is 92.4 Å². The number of halogens is 1. The van der Waals surface area contributed by atoms with Gasteiger partial charge in [0, 0.05) is 39.5 Å². The van der Waals surface area contributed by atoms with Crippen LogP contribution in [0.3, 0.4) is 0 Å². The van der Waals surface area contributed by atoms with Gasteiger partial charge in [0.2, 0.25) is 0 Å². The zero-order chi connectivity index (χ0) is 31.0. The van der Waals surface area contributed by atoms with Crippen molar-refractivity contribution in [2.45, 2.75) is 51.2 Å². The summed E-state index contributed by atoms with van der Waals surface area (Å²) < 4.78 is 28.1. The first-order valence-corrected chi connectivity index (χ1v) is 18.4. The maximum Gasteiger partial charge on any atom is 0.415 e. The second-order valence-corrected chi connectivity index (χ2v) is 18.0. The van der Waals surface area contributed by atoms with E-state index in [0.29, 0.717) is 61.0 Å². The summed E-state index contributed by atoms with van der Waals surface area (Å²) in [6, 6.07) is 7.23. The molecule has 1 aromatic carbocycles. The molecule has 6 rings (SSSR count). The molecule has 0 radical (unpaired) electrons. The molecule has 4 aromatic rings. The average molecular weight is 623 g/mol. The molecule has 2 aliphatic rings. The number of piperidine rings is 1. The summed E-state index contributed by atoms with van der Waals surface area (Å²) in [6.45, 7) is 8.79. The quantitative estimate of drug-likeness (QED) is 0.196. The topological polar surface area (TPSA) is 151 Å². The Morgan fingerprint density at radius 1 is 1.18 bits per heavy atom. The van der Waals surface area contributed by atoms with Crippen LogP contribution in [0.25, 0.3) is 28.2 Å². The number of nitrogens with one attached hydrogen (secondary N) is 1. The van der Waals surface area contributed by atoms with Gasteiger partial charge in [-0.05, 0) is 48.6 Å². The Morgan fingerprint density at radius 2 is 1.98 bits per heavy atom. The minimum absolute atomic E-state index is 0.0639. The van der Waals surface area contributed by atoms with Crippen LogP contribution in [0.1, 0.15) is 18.7 Å². The third-order valence-electron chi connectivity index (χ3n) is 8.15. The molecule has 3 aromatic heterocycles. The van der Waals surface area contributed by atoms with Crippen LogP contribution >= 0.6 is 0 Å². The number of ether oxygens (including phenoxy) is 2. The Kier molecular flexibility index (Phi) is 8.07. The molecule has 2 N–H and O–H groups in total. The monoisotopic (exact) mass is 622 g/mol. The van der Waals surface area contributed by atoms with Crippen molar-refractivity contribution in [1.29, 1.82) is 0 Å². The van der Waals surface area contributed by atoms with E-state index >= 15 is 4.39 Å². The van der Waals surface area contributed by atoms with E-state index in [1.54, 1.807) is 35.1 Å². The molecule has 232 valence electrons. The summed E-state index contributed by atoms with van der Waals surface area (Å²) in [6.07, 6.45) is 3.10. The number of carbonyl (C=O) groups excluding carboxylic acids is 1. The van der Waals surface area contributed by atoms with E-state index < -0.39 is 26.1 Å². The number of carbonyl (C=O) groups is 2. The van der Waals surface area contributed by atoms with Crippen molar-refractivity contribution in [2.24, 2.45) is 5.92 Å². The van der Waals surface area contributed by atoms with E-state index in [-0.39, 0.29) is 36.6 Å². The lowest BCUT2D eigenvalue weighted by Gasteiger charge is -2.35. The number of hydrogen-bond acceptors (Lipinski definition) is 8. The van der Waals surface area contributed by atoms with Gasteiger partial charge >= 0.3 is 12.2 Å². The van der Waals surface area contributed by atoms with Gasteiger partial charge in [-0.25, -0.2) is 28.5 Å². The first-order chi connectivity index (χ1) is 21.1. The van der Waals surface area contributed by atoms with Crippen molar-refractivity contribution in [3.63, 3.8) is 0 Å². The van der Waals surface area contributed by atoms with Crippen molar-refractivity contribution < 1.29 is 28.6 Å². The van der Waals surface area contributed by atoms with E-state index in [2.05, 4.69) is 39.9 Å². The standard InChI is InChI=1S/C29H35FN8O5Si/c1-44(2,3)13-12-42-17-24-32-26(35-34-24)20-5-4-19(14-22(20)30)21-15-31-37-11-8-25(33-27(21)37)38-23(16-43-29(38)41)18-6-9-36(10-7-18)28(39)40/h4-5,8,11,14-15,18,23H,6-7,9-10,12-13,16-17H2,1-3H3,(H,39,40)(H,32,34,35). The molecule has 2 saturated heterocycles. The molecule has 13 nitrogen and oxygen atoms in total. The molecule has 5 heterocycles. The number of H-pyrrole nitrogens is 1. The van der Waals surface area contributed by atoms with Crippen LogP contribution < -0.4 is 4.90 Å². The fourth-order valence-electron chi connectivity index (χ4n) is 5.61. The molecular weight excluding hydrogens is 587 g/mol. The predicted molar refractivity (Wildman–Crippen MR) is 162 cm³/mol. The van der Waals surface area contributed by atoms with Crippen LogP contribution in [0.5, 0.6) is 0 Å². The van der Waals surface area contributed by atoms with Crippen molar-refractivity contribution in [3.8, 4) is 22.5 Å². The maximum atomic E-state index is 15.4. The number of fused-ring (bicyclic) bond motifs is 1. The summed E-state index contributed by atoms with van der Waals surface area (Å²) in [5.74, 6) is 0.730. The third kappa shape index (κ3) is 6.15. The van der Waals surface area contributed by atoms with Crippen LogP contribution in [-0.2, 0) is 16.1 Å². The van der Waals surface area contributed by atoms with Gasteiger partial charge in [-0.3, -0.25) is 10.00 Å². The van der Waals surface area contributed by atoms with Crippen LogP contribution in [0.4, 0.5) is 19.8 Å². The highest BCUT2D eigenvalue weighted by molar-refractivity contribution is 6.76. The number of anilines is 1. The second-order valence-electron chi connectivity index (χ2n) is 12.4. The first kappa shape index (κ1) is 29.7. The van der Waals surface area contributed by atoms with Gasteiger partial charge in [0.1, 0.15) is 24.8 Å². The number of benzene rings is 1. The van der Waals surface area contributed by atoms with Gasteiger partial charge < -0.3 is 19.5 Å². The Balaban J connectivity index is 1.20. The lowest BCUT2D eigenvalue weighted by atomic mass is 9.89. The number of amides is 2. The van der Waals surface area contributed by atoms with Gasteiger partial charge in [-0.1, -0.05) is 25.7 Å². The Morgan fingerprint density at radius 3 is 2.70 bits per heavy atom. The van der Waals surface area contributed by atoms with Gasteiger partial charge in [-0.2, -0.15) is 10.2 Å². The van der Waals surface area contributed by atoms with Crippen molar-refractivity contribution in [1.82, 2.24) is 34.7 Å². The number of likely N-dealkylation sites (tertiary alicyclic amines) is 1. The van der Waals surface area contributed by atoms with E-state index in [1.165, 1.54) is 15.9 Å². The molecule has 2 aliphatic heterocycles. The number of aromatic nitrogens is 6. The minimum Gasteiger partial charge on any atom is -0.465 e. The fraction of sp³-hybridized carbons (Fsp3) is 0.448. The van der Waals surface area contributed by atoms with E-state index in [4.69, 9.17) is 14.5 Å². The molecule has 15 heteroatoms. The number of hydrogen-bond donors (Lipinski definition) is 2. The smallest absolute Gasteiger partial charge is 0.415 e. The van der Waals surface area contributed by atoms with Crippen LogP contribution in [0.2, 0.25) is 25.7 Å². The Bertz CT molecular complexity index is 1680. The summed E-state index contributed by atoms with van der Waals surface area (Å²) in [5.41, 5.74) is 1.84. The van der Waals surface area contributed by atoms with Crippen molar-refractivity contribution in [2.75, 3.05) is 31.2 Å². The van der Waals surface area contributed by atoms with Gasteiger partial charge in [0.05, 0.1) is 17.8 Å². The molecule has 44 heavy (non-hydrogen) atoms. The van der Waals surface area contributed by atoms with Crippen molar-refractivity contribution in [3.05, 3.63) is 48.3 Å². The zero-order valence-electron chi connectivity index (χ0n) is 24.9. The molecule has 0 saturated carbocycles. The molecule has 2 fully saturated rings. The highest BCUT2D eigenvalue weighted by Crippen LogP contribution is 2.33. The predicted octanol–water partition coefficient (Wildman–Crippen LogP) is 4.89. The molecule has 0 aliphatic carbocycles. The minimum atomic E-state index is -1.20. The highest BCUT2D eigenvalue weighted by Gasteiger charge is 2.41. The largest absolute Gasteiger partial charge is 0.465 e. The maximum absolute atomic E-state index is 15.4. The van der Waals surface area contributed by atoms with E-state index in [1.807, 2.05) is 0 Å². The fourth-order valence-corrected chi connectivity index (χ4v) is 6.37. The molecule has 1 atom stereocenters. The molecule has 0 spiro atoms. The second kappa shape index (κ2) is 12.0. The van der Waals surface area contributed by atoms with E-state index in [0.717, 1.165) is 6.04 Å². The third-order valence-corrected chi connectivity index (χ3v) is 9.85. The molecule has 2 amide bonds. The average Bonchev–Trinajstić information content (AvgIpc) is 3.73. The molecular formula is C29H35FN8O5Si. The first-order valence-electron chi connectivity index (χ1n) is 14.6. The summed E-state index contributed by atoms with van der Waals surface area (Å²) in [4.78, 5) is 36.2. The highest BCUT2D eigenvalue weighted by atomic mass is 28.3. The lowest BCUT2D eigenvalue weighted by molar-refractivity contribution is 0.117. The summed E-state index contributed by atoms with van der Waals surface area (Å²) in [7, 11) is -1.20. The summed E-state index contributed by atoms with van der Waals surface area (Å²) in [5, 5.41) is 20.7. The Labute approximate surface area is 254 Å². The lowest BCUT2D eigenvalue weighted by Crippen LogP contribution is -2.46. The van der Waals surface area contributed by atoms with E-state index in [9.17, 15) is 14.7 Å². The Hall–Kier alpha value is -4.37. The number of aromatic amines is 1. The number of cyclic esters (lactones) is 1. The number of nitrogens with zero attached hydrogens (tertiary/aromatic N) is 7. The summed E-state index contributed by atoms with van der Waals surface area (Å²) >= 11 is 0. The number of carboxylic acid groups (broad SMARTS) is 1. The van der Waals surface area contributed by atoms with Gasteiger partial charge in [0.25, 0.3) is 0 Å². The van der Waals surface area contributed by atoms with Gasteiger partial charge in [0.15, 0.2) is 17.3 Å². The molecule has 1 unspecified atom stereocenters.